The van der Waals surface area contributed by atoms with Gasteiger partial charge < -0.3 is 4.42 Å². The summed E-state index contributed by atoms with van der Waals surface area (Å²) in [4.78, 5) is 3.53. The number of rotatable bonds is 3. The van der Waals surface area contributed by atoms with Gasteiger partial charge in [0.2, 0.25) is 0 Å². The number of hydrogen-bond acceptors (Lipinski definition) is 6. The van der Waals surface area contributed by atoms with Crippen molar-refractivity contribution in [3.05, 3.63) is 17.8 Å². The Kier molecular flexibility index (Phi) is 2.65. The fraction of sp³-hybridized carbons (Fsp3) is 0.333. The Balaban J connectivity index is 2.62. The smallest absolute Gasteiger partial charge is 0.300 e. The van der Waals surface area contributed by atoms with Gasteiger partial charge in [-0.1, -0.05) is 0 Å². The lowest BCUT2D eigenvalue weighted by molar-refractivity contribution is 0.276. The van der Waals surface area contributed by atoms with E-state index in [1.165, 1.54) is 6.20 Å². The molecule has 1 aromatic heterocycles. The van der Waals surface area contributed by atoms with Gasteiger partial charge in [0.1, 0.15) is 6.61 Å². The Labute approximate surface area is 74.9 Å². The highest BCUT2D eigenvalue weighted by molar-refractivity contribution is 7.85. The Bertz CT molecular complexity index is 428. The minimum atomic E-state index is -3.49. The van der Waals surface area contributed by atoms with Crippen molar-refractivity contribution in [3.63, 3.8) is 0 Å². The van der Waals surface area contributed by atoms with Crippen molar-refractivity contribution in [2.75, 3.05) is 6.26 Å². The number of aromatic nitrogens is 1. The standard InChI is InChI=1S/C6H6N2O4S/c1-13(9,10)11-4-5-3-8-6(2-7)12-5/h3H,4H2,1H3. The molecule has 0 amide bonds. The third-order valence-electron chi connectivity index (χ3n) is 1.06. The number of nitriles is 1. The fourth-order valence-electron chi connectivity index (χ4n) is 0.591. The van der Waals surface area contributed by atoms with Gasteiger partial charge in [-0.2, -0.15) is 13.7 Å². The maximum Gasteiger partial charge on any atom is 0.300 e. The predicted molar refractivity (Wildman–Crippen MR) is 40.9 cm³/mol. The molecule has 0 fully saturated rings. The van der Waals surface area contributed by atoms with Gasteiger partial charge in [0.25, 0.3) is 10.1 Å². The van der Waals surface area contributed by atoms with E-state index in [-0.39, 0.29) is 18.3 Å². The van der Waals surface area contributed by atoms with Crippen LogP contribution in [0.3, 0.4) is 0 Å². The molecule has 1 rings (SSSR count). The third-order valence-corrected chi connectivity index (χ3v) is 1.61. The Morgan fingerprint density at radius 3 is 2.92 bits per heavy atom. The molecular formula is C6H6N2O4S. The van der Waals surface area contributed by atoms with Crippen molar-refractivity contribution in [2.45, 2.75) is 6.61 Å². The molecule has 0 atom stereocenters. The van der Waals surface area contributed by atoms with Gasteiger partial charge in [0.15, 0.2) is 11.8 Å². The fourth-order valence-corrected chi connectivity index (χ4v) is 0.921. The molecule has 6 nitrogen and oxygen atoms in total. The van der Waals surface area contributed by atoms with E-state index < -0.39 is 10.1 Å². The van der Waals surface area contributed by atoms with E-state index >= 15 is 0 Å². The maximum absolute atomic E-state index is 10.5. The molecule has 1 heterocycles. The molecule has 70 valence electrons. The summed E-state index contributed by atoms with van der Waals surface area (Å²) in [6.45, 7) is -0.243. The summed E-state index contributed by atoms with van der Waals surface area (Å²) in [6.07, 6.45) is 2.16. The highest BCUT2D eigenvalue weighted by Gasteiger charge is 2.06. The molecule has 0 aliphatic rings. The van der Waals surface area contributed by atoms with Crippen LogP contribution in [0.5, 0.6) is 0 Å². The van der Waals surface area contributed by atoms with Crippen molar-refractivity contribution in [2.24, 2.45) is 0 Å². The van der Waals surface area contributed by atoms with Crippen molar-refractivity contribution < 1.29 is 17.0 Å². The second-order valence-electron chi connectivity index (χ2n) is 2.21. The maximum atomic E-state index is 10.5. The van der Waals surface area contributed by atoms with E-state index in [4.69, 9.17) is 9.68 Å². The summed E-state index contributed by atoms with van der Waals surface area (Å²) >= 11 is 0. The molecule has 0 aromatic carbocycles. The van der Waals surface area contributed by atoms with E-state index in [9.17, 15) is 8.42 Å². The lowest BCUT2D eigenvalue weighted by Gasteiger charge is -1.95. The van der Waals surface area contributed by atoms with E-state index in [1.807, 2.05) is 0 Å². The molecule has 0 aliphatic heterocycles. The third kappa shape index (κ3) is 3.23. The van der Waals surface area contributed by atoms with Gasteiger partial charge in [-0.25, -0.2) is 4.98 Å². The van der Waals surface area contributed by atoms with Gasteiger partial charge >= 0.3 is 5.89 Å². The second kappa shape index (κ2) is 3.55. The molecule has 0 aliphatic carbocycles. The van der Waals surface area contributed by atoms with Crippen molar-refractivity contribution >= 4 is 10.1 Å². The molecule has 0 bridgehead atoms. The lowest BCUT2D eigenvalue weighted by atomic mass is 10.6. The first kappa shape index (κ1) is 9.70. The second-order valence-corrected chi connectivity index (χ2v) is 3.85. The predicted octanol–water partition coefficient (Wildman–Crippen LogP) is 0.0225. The topological polar surface area (TPSA) is 93.2 Å². The van der Waals surface area contributed by atoms with Gasteiger partial charge in [-0.05, 0) is 0 Å². The zero-order valence-electron chi connectivity index (χ0n) is 6.72. The Morgan fingerprint density at radius 2 is 2.46 bits per heavy atom. The van der Waals surface area contributed by atoms with Crippen LogP contribution < -0.4 is 0 Å². The largest absolute Gasteiger partial charge is 0.431 e. The van der Waals surface area contributed by atoms with Crippen LogP contribution in [0.4, 0.5) is 0 Å². The molecule has 0 unspecified atom stereocenters. The molecule has 7 heteroatoms. The van der Waals surface area contributed by atoms with Gasteiger partial charge in [0, 0.05) is 0 Å². The van der Waals surface area contributed by atoms with Gasteiger partial charge in [-0.15, -0.1) is 0 Å². The summed E-state index contributed by atoms with van der Waals surface area (Å²) < 4.78 is 30.2. The molecule has 13 heavy (non-hydrogen) atoms. The van der Waals surface area contributed by atoms with Crippen molar-refractivity contribution in [1.82, 2.24) is 4.98 Å². The van der Waals surface area contributed by atoms with Crippen LogP contribution in [0.1, 0.15) is 11.7 Å². The summed E-state index contributed by atoms with van der Waals surface area (Å²) in [7, 11) is -3.49. The molecule has 0 radical (unpaired) electrons. The summed E-state index contributed by atoms with van der Waals surface area (Å²) in [6, 6.07) is 1.66. The van der Waals surface area contributed by atoms with Crippen molar-refractivity contribution in [1.29, 1.82) is 5.26 Å². The summed E-state index contributed by atoms with van der Waals surface area (Å²) in [5.74, 6) is 0.0778. The molecule has 1 aromatic rings. The number of hydrogen-bond donors (Lipinski definition) is 0. The van der Waals surface area contributed by atoms with Crippen LogP contribution in [0, 0.1) is 11.3 Å². The molecular weight excluding hydrogens is 196 g/mol. The molecule has 0 saturated carbocycles. The van der Waals surface area contributed by atoms with E-state index in [0.29, 0.717) is 0 Å². The highest BCUT2D eigenvalue weighted by Crippen LogP contribution is 2.05. The van der Waals surface area contributed by atoms with Crippen LogP contribution in [0.15, 0.2) is 10.6 Å². The molecule has 0 saturated heterocycles. The van der Waals surface area contributed by atoms with Crippen LogP contribution in [0.25, 0.3) is 0 Å². The average Bonchev–Trinajstić information content (AvgIpc) is 2.47. The first-order valence-corrected chi connectivity index (χ1v) is 5.02. The SMILES string of the molecule is CS(=O)(=O)OCc1cnc(C#N)o1. The quantitative estimate of drug-likeness (QED) is 0.641. The Hall–Kier alpha value is -1.39. The van der Waals surface area contributed by atoms with Crippen LogP contribution in [-0.4, -0.2) is 19.7 Å². The monoisotopic (exact) mass is 202 g/mol. The average molecular weight is 202 g/mol. The van der Waals surface area contributed by atoms with Crippen LogP contribution in [0.2, 0.25) is 0 Å². The zero-order valence-corrected chi connectivity index (χ0v) is 7.54. The first-order chi connectivity index (χ1) is 6.01. The van der Waals surface area contributed by atoms with Gasteiger partial charge in [0.05, 0.1) is 12.5 Å². The van der Waals surface area contributed by atoms with Gasteiger partial charge in [-0.3, -0.25) is 4.18 Å². The van der Waals surface area contributed by atoms with E-state index in [1.54, 1.807) is 6.07 Å². The van der Waals surface area contributed by atoms with E-state index in [0.717, 1.165) is 6.26 Å². The number of oxazole rings is 1. The first-order valence-electron chi connectivity index (χ1n) is 3.20. The minimum Gasteiger partial charge on any atom is -0.431 e. The Morgan fingerprint density at radius 1 is 1.77 bits per heavy atom. The summed E-state index contributed by atoms with van der Waals surface area (Å²) in [5, 5.41) is 8.31. The van der Waals surface area contributed by atoms with Crippen LogP contribution >= 0.6 is 0 Å². The van der Waals surface area contributed by atoms with E-state index in [2.05, 4.69) is 9.17 Å². The lowest BCUT2D eigenvalue weighted by Crippen LogP contribution is -2.01. The van der Waals surface area contributed by atoms with Crippen molar-refractivity contribution in [3.8, 4) is 6.07 Å². The number of nitrogens with zero attached hydrogens (tertiary/aromatic N) is 2. The summed E-state index contributed by atoms with van der Waals surface area (Å²) in [5.41, 5.74) is 0. The zero-order chi connectivity index (χ0) is 9.90. The highest BCUT2D eigenvalue weighted by atomic mass is 32.2. The van der Waals surface area contributed by atoms with Crippen LogP contribution in [-0.2, 0) is 20.9 Å². The minimum absolute atomic E-state index is 0.118. The molecule has 0 N–H and O–H groups in total. The normalized spacial score (nSPS) is 11.1. The molecule has 0 spiro atoms.